The quantitative estimate of drug-likeness (QED) is 0.575. The second kappa shape index (κ2) is 6.49. The number of hydrogen-bond acceptors (Lipinski definition) is 6. The maximum absolute atomic E-state index is 5.31. The summed E-state index contributed by atoms with van der Waals surface area (Å²) in [7, 11) is 5.46. The molecule has 1 heterocycles. The summed E-state index contributed by atoms with van der Waals surface area (Å²) in [6, 6.07) is 0. The fourth-order valence-electron chi connectivity index (χ4n) is 1.41. The molecule has 0 aromatic carbocycles. The SMILES string of the molecule is CNN(CCOC)C1=COCCN1NC. The highest BCUT2D eigenvalue weighted by atomic mass is 16.5. The van der Waals surface area contributed by atoms with Crippen LogP contribution in [-0.2, 0) is 9.47 Å². The molecule has 0 amide bonds. The van der Waals surface area contributed by atoms with Crippen LogP contribution in [0.3, 0.4) is 0 Å². The van der Waals surface area contributed by atoms with Crippen molar-refractivity contribution in [2.45, 2.75) is 0 Å². The van der Waals surface area contributed by atoms with Crippen molar-refractivity contribution in [3.8, 4) is 0 Å². The Morgan fingerprint density at radius 2 is 2.40 bits per heavy atom. The molecule has 0 saturated carbocycles. The highest BCUT2D eigenvalue weighted by Crippen LogP contribution is 2.09. The molecule has 0 aromatic heterocycles. The van der Waals surface area contributed by atoms with Gasteiger partial charge in [0.05, 0.1) is 19.7 Å². The Bertz CT molecular complexity index is 210. The molecular weight excluding hydrogens is 196 g/mol. The molecule has 0 bridgehead atoms. The van der Waals surface area contributed by atoms with Crippen molar-refractivity contribution in [3.05, 3.63) is 12.1 Å². The van der Waals surface area contributed by atoms with Gasteiger partial charge in [-0.05, 0) is 0 Å². The van der Waals surface area contributed by atoms with E-state index >= 15 is 0 Å². The number of hydrogen-bond donors (Lipinski definition) is 2. The topological polar surface area (TPSA) is 49.0 Å². The summed E-state index contributed by atoms with van der Waals surface area (Å²) in [6.07, 6.45) is 1.74. The predicted octanol–water partition coefficient (Wildman–Crippen LogP) is -0.665. The van der Waals surface area contributed by atoms with Crippen molar-refractivity contribution in [1.82, 2.24) is 20.9 Å². The Balaban J connectivity index is 2.59. The molecule has 1 rings (SSSR count). The summed E-state index contributed by atoms with van der Waals surface area (Å²) in [5, 5.41) is 3.99. The van der Waals surface area contributed by atoms with Gasteiger partial charge in [-0.15, -0.1) is 0 Å². The predicted molar refractivity (Wildman–Crippen MR) is 57.4 cm³/mol. The average Bonchev–Trinajstić information content (AvgIpc) is 2.30. The van der Waals surface area contributed by atoms with Gasteiger partial charge in [0, 0.05) is 21.2 Å². The molecule has 1 aliphatic heterocycles. The van der Waals surface area contributed by atoms with E-state index in [0.717, 1.165) is 18.9 Å². The van der Waals surface area contributed by atoms with E-state index in [9.17, 15) is 0 Å². The lowest BCUT2D eigenvalue weighted by Gasteiger charge is -2.36. The van der Waals surface area contributed by atoms with Gasteiger partial charge in [-0.3, -0.25) is 10.0 Å². The summed E-state index contributed by atoms with van der Waals surface area (Å²) in [4.78, 5) is 0. The van der Waals surface area contributed by atoms with Gasteiger partial charge in [0.25, 0.3) is 0 Å². The molecule has 88 valence electrons. The minimum Gasteiger partial charge on any atom is -0.495 e. The lowest BCUT2D eigenvalue weighted by molar-refractivity contribution is 0.0523. The first kappa shape index (κ1) is 12.1. The first-order chi connectivity index (χ1) is 7.33. The Hall–Kier alpha value is -0.980. The number of ether oxygens (including phenoxy) is 2. The van der Waals surface area contributed by atoms with E-state index in [1.165, 1.54) is 0 Å². The van der Waals surface area contributed by atoms with Gasteiger partial charge in [0.2, 0.25) is 0 Å². The fraction of sp³-hybridized carbons (Fsp3) is 0.778. The van der Waals surface area contributed by atoms with Gasteiger partial charge >= 0.3 is 0 Å². The maximum atomic E-state index is 5.31. The van der Waals surface area contributed by atoms with Crippen molar-refractivity contribution in [3.63, 3.8) is 0 Å². The monoisotopic (exact) mass is 216 g/mol. The van der Waals surface area contributed by atoms with Crippen molar-refractivity contribution in [2.75, 3.05) is 47.5 Å². The van der Waals surface area contributed by atoms with Crippen LogP contribution in [0.4, 0.5) is 0 Å². The van der Waals surface area contributed by atoms with Crippen LogP contribution in [0, 0.1) is 0 Å². The van der Waals surface area contributed by atoms with Crippen LogP contribution >= 0.6 is 0 Å². The third kappa shape index (κ3) is 3.26. The minimum absolute atomic E-state index is 0.662. The van der Waals surface area contributed by atoms with Gasteiger partial charge in [-0.2, -0.15) is 0 Å². The Morgan fingerprint density at radius 3 is 3.00 bits per heavy atom. The van der Waals surface area contributed by atoms with Crippen molar-refractivity contribution in [1.29, 1.82) is 0 Å². The maximum Gasteiger partial charge on any atom is 0.169 e. The molecule has 0 radical (unpaired) electrons. The average molecular weight is 216 g/mol. The van der Waals surface area contributed by atoms with Gasteiger partial charge < -0.3 is 9.47 Å². The highest BCUT2D eigenvalue weighted by molar-refractivity contribution is 4.96. The standard InChI is InChI=1S/C9H20N4O2/c1-10-12(4-6-14-3)9-8-15-7-5-13(9)11-2/h8,10-11H,4-7H2,1-3H3. The Morgan fingerprint density at radius 1 is 1.60 bits per heavy atom. The molecule has 0 spiro atoms. The summed E-state index contributed by atoms with van der Waals surface area (Å²) < 4.78 is 10.4. The molecule has 1 aliphatic rings. The number of nitrogens with zero attached hydrogens (tertiary/aromatic N) is 2. The van der Waals surface area contributed by atoms with Crippen molar-refractivity contribution < 1.29 is 9.47 Å². The fourth-order valence-corrected chi connectivity index (χ4v) is 1.41. The van der Waals surface area contributed by atoms with Gasteiger partial charge in [-0.1, -0.05) is 0 Å². The van der Waals surface area contributed by atoms with E-state index in [1.807, 2.05) is 24.1 Å². The first-order valence-corrected chi connectivity index (χ1v) is 5.04. The smallest absolute Gasteiger partial charge is 0.169 e. The van der Waals surface area contributed by atoms with Crippen LogP contribution in [-0.4, -0.2) is 57.5 Å². The Labute approximate surface area is 90.8 Å². The number of nitrogens with one attached hydrogen (secondary N) is 2. The molecule has 6 nitrogen and oxygen atoms in total. The molecule has 6 heteroatoms. The molecule has 0 aromatic rings. The largest absolute Gasteiger partial charge is 0.495 e. The summed E-state index contributed by atoms with van der Waals surface area (Å²) in [5.41, 5.74) is 6.20. The zero-order valence-corrected chi connectivity index (χ0v) is 9.62. The lowest BCUT2D eigenvalue weighted by Crippen LogP contribution is -2.50. The number of rotatable bonds is 6. The number of methoxy groups -OCH3 is 1. The molecule has 15 heavy (non-hydrogen) atoms. The zero-order chi connectivity index (χ0) is 11.1. The Kier molecular flexibility index (Phi) is 5.23. The summed E-state index contributed by atoms with van der Waals surface area (Å²) in [5.74, 6) is 0.961. The molecule has 0 saturated heterocycles. The van der Waals surface area contributed by atoms with Crippen molar-refractivity contribution >= 4 is 0 Å². The van der Waals surface area contributed by atoms with E-state index in [4.69, 9.17) is 9.47 Å². The summed E-state index contributed by atoms with van der Waals surface area (Å²) >= 11 is 0. The zero-order valence-electron chi connectivity index (χ0n) is 9.62. The second-order valence-corrected chi connectivity index (χ2v) is 3.09. The molecular formula is C9H20N4O2. The third-order valence-corrected chi connectivity index (χ3v) is 2.23. The second-order valence-electron chi connectivity index (χ2n) is 3.09. The van der Waals surface area contributed by atoms with Crippen LogP contribution in [0.25, 0.3) is 0 Å². The van der Waals surface area contributed by atoms with E-state index in [-0.39, 0.29) is 0 Å². The van der Waals surface area contributed by atoms with Crippen LogP contribution in [0.15, 0.2) is 12.1 Å². The molecule has 0 unspecified atom stereocenters. The van der Waals surface area contributed by atoms with Gasteiger partial charge in [-0.25, -0.2) is 10.9 Å². The van der Waals surface area contributed by atoms with E-state index in [0.29, 0.717) is 13.2 Å². The molecule has 0 aliphatic carbocycles. The molecule has 2 N–H and O–H groups in total. The molecule has 0 fully saturated rings. The lowest BCUT2D eigenvalue weighted by atomic mass is 10.5. The molecule has 0 atom stereocenters. The van der Waals surface area contributed by atoms with Crippen LogP contribution in [0.5, 0.6) is 0 Å². The minimum atomic E-state index is 0.662. The third-order valence-electron chi connectivity index (χ3n) is 2.23. The van der Waals surface area contributed by atoms with Gasteiger partial charge in [0.1, 0.15) is 12.9 Å². The van der Waals surface area contributed by atoms with Gasteiger partial charge in [0.15, 0.2) is 5.82 Å². The van der Waals surface area contributed by atoms with Crippen LogP contribution in [0.1, 0.15) is 0 Å². The normalized spacial score (nSPS) is 15.9. The van der Waals surface area contributed by atoms with E-state index < -0.39 is 0 Å². The highest BCUT2D eigenvalue weighted by Gasteiger charge is 2.18. The van der Waals surface area contributed by atoms with Crippen LogP contribution < -0.4 is 10.9 Å². The summed E-state index contributed by atoms with van der Waals surface area (Å²) in [6.45, 7) is 2.95. The van der Waals surface area contributed by atoms with E-state index in [1.54, 1.807) is 13.4 Å². The van der Waals surface area contributed by atoms with Crippen molar-refractivity contribution in [2.24, 2.45) is 0 Å². The number of hydrazine groups is 2. The first-order valence-electron chi connectivity index (χ1n) is 5.04. The van der Waals surface area contributed by atoms with E-state index in [2.05, 4.69) is 10.9 Å². The van der Waals surface area contributed by atoms with Crippen LogP contribution in [0.2, 0.25) is 0 Å².